The molecule has 440 valence electrons. The van der Waals surface area contributed by atoms with Gasteiger partial charge in [0, 0.05) is 52.5 Å². The summed E-state index contributed by atoms with van der Waals surface area (Å²) in [4.78, 5) is 5.37. The number of rotatable bonds is 18. The van der Waals surface area contributed by atoms with Crippen LogP contribution in [0.4, 0.5) is 11.4 Å². The molecule has 0 radical (unpaired) electrons. The van der Waals surface area contributed by atoms with Crippen LogP contribution in [0.5, 0.6) is 0 Å². The highest BCUT2D eigenvalue weighted by Crippen LogP contribution is 2.60. The van der Waals surface area contributed by atoms with Crippen molar-refractivity contribution in [2.45, 2.75) is 147 Å². The molecule has 0 amide bonds. The molecule has 1 aliphatic heterocycles. The van der Waals surface area contributed by atoms with Crippen LogP contribution in [-0.2, 0) is 10.2 Å². The largest absolute Gasteiger partial charge is 0.378 e. The summed E-state index contributed by atoms with van der Waals surface area (Å²) in [6, 6.07) is 40.3. The number of hydrogen-bond donors (Lipinski definition) is 0. The van der Waals surface area contributed by atoms with Crippen molar-refractivity contribution in [3.8, 4) is 0 Å². The minimum atomic E-state index is -0.240. The first-order valence-corrected chi connectivity index (χ1v) is 33.1. The first-order chi connectivity index (χ1) is 41.9. The topological polar surface area (TPSA) is 15.7 Å². The Hall–Kier alpha value is -7.20. The Morgan fingerprint density at radius 2 is 1.48 bits per heavy atom. The molecular weight excluding hydrogens is 1040 g/mol. The van der Waals surface area contributed by atoms with Crippen molar-refractivity contribution in [2.75, 3.05) is 16.4 Å². The van der Waals surface area contributed by atoms with E-state index in [1.165, 1.54) is 79.3 Å². The second kappa shape index (κ2) is 24.9. The Balaban J connectivity index is 0.766. The highest BCUT2D eigenvalue weighted by molar-refractivity contribution is 5.79. The zero-order chi connectivity index (χ0) is 58.9. The third-order valence-corrected chi connectivity index (χ3v) is 21.4. The first kappa shape index (κ1) is 57.9. The van der Waals surface area contributed by atoms with Crippen LogP contribution in [0.15, 0.2) is 265 Å². The Labute approximate surface area is 516 Å². The summed E-state index contributed by atoms with van der Waals surface area (Å²) in [6.45, 7) is 20.9. The van der Waals surface area contributed by atoms with Crippen LogP contribution in [0.1, 0.15) is 151 Å². The summed E-state index contributed by atoms with van der Waals surface area (Å²) in [5.74, 6) is 3.60. The van der Waals surface area contributed by atoms with Crippen molar-refractivity contribution in [1.29, 1.82) is 0 Å². The monoisotopic (exact) mass is 1130 g/mol. The first-order valence-electron chi connectivity index (χ1n) is 33.1. The van der Waals surface area contributed by atoms with Gasteiger partial charge in [0.15, 0.2) is 0 Å². The highest BCUT2D eigenvalue weighted by atomic mass is 16.5. The van der Waals surface area contributed by atoms with Crippen LogP contribution in [0.25, 0.3) is 5.57 Å². The lowest BCUT2D eigenvalue weighted by Crippen LogP contribution is -2.42. The second-order valence-corrected chi connectivity index (χ2v) is 27.9. The van der Waals surface area contributed by atoms with Crippen LogP contribution < -0.4 is 9.80 Å². The fourth-order valence-electron chi connectivity index (χ4n) is 16.4. The molecule has 12 atom stereocenters. The van der Waals surface area contributed by atoms with Crippen molar-refractivity contribution in [1.82, 2.24) is 0 Å². The summed E-state index contributed by atoms with van der Waals surface area (Å²) in [7, 11) is 0. The number of hydrogen-bond acceptors (Lipinski definition) is 3. The van der Waals surface area contributed by atoms with Gasteiger partial charge in [-0.05, 0) is 192 Å². The van der Waals surface area contributed by atoms with Gasteiger partial charge in [0.05, 0.1) is 18.2 Å². The molecule has 0 fully saturated rings. The summed E-state index contributed by atoms with van der Waals surface area (Å²) in [5, 5.41) is 0. The van der Waals surface area contributed by atoms with Crippen LogP contribution in [-0.4, -0.2) is 24.8 Å². The minimum absolute atomic E-state index is 0.240. The molecule has 13 rings (SSSR count). The molecule has 4 aromatic rings. The van der Waals surface area contributed by atoms with Crippen molar-refractivity contribution >= 4 is 16.9 Å². The van der Waals surface area contributed by atoms with Crippen LogP contribution >= 0.6 is 0 Å². The summed E-state index contributed by atoms with van der Waals surface area (Å²) < 4.78 is 6.54. The van der Waals surface area contributed by atoms with Crippen LogP contribution in [0.2, 0.25) is 0 Å². The highest BCUT2D eigenvalue weighted by Gasteiger charge is 2.51. The van der Waals surface area contributed by atoms with Gasteiger partial charge >= 0.3 is 0 Å². The van der Waals surface area contributed by atoms with E-state index in [0.29, 0.717) is 65.5 Å². The fourth-order valence-corrected chi connectivity index (χ4v) is 16.4. The van der Waals surface area contributed by atoms with Crippen molar-refractivity contribution in [3.05, 3.63) is 293 Å². The molecule has 0 saturated heterocycles. The fraction of sp³-hybridized carbons (Fsp3) is 0.373. The molecule has 0 aromatic heterocycles. The second-order valence-electron chi connectivity index (χ2n) is 27.9. The normalized spacial score (nSPS) is 28.7. The van der Waals surface area contributed by atoms with E-state index in [4.69, 9.17) is 4.74 Å². The maximum Gasteiger partial charge on any atom is 0.0613 e. The molecule has 3 nitrogen and oxygen atoms in total. The average molecular weight is 1130 g/mol. The quantitative estimate of drug-likeness (QED) is 0.0924. The Bertz CT molecular complexity index is 3580. The smallest absolute Gasteiger partial charge is 0.0613 e. The molecule has 0 saturated carbocycles. The molecular formula is C83H92N2O. The van der Waals surface area contributed by atoms with Gasteiger partial charge in [-0.1, -0.05) is 242 Å². The van der Waals surface area contributed by atoms with E-state index in [-0.39, 0.29) is 10.8 Å². The third-order valence-electron chi connectivity index (χ3n) is 21.4. The molecule has 8 aliphatic carbocycles. The van der Waals surface area contributed by atoms with Gasteiger partial charge in [-0.2, -0.15) is 0 Å². The molecule has 0 spiro atoms. The van der Waals surface area contributed by atoms with E-state index in [0.717, 1.165) is 77.2 Å². The van der Waals surface area contributed by atoms with Crippen molar-refractivity contribution in [3.63, 3.8) is 0 Å². The van der Waals surface area contributed by atoms with E-state index < -0.39 is 0 Å². The lowest BCUT2D eigenvalue weighted by Gasteiger charge is -2.40. The number of ether oxygens (including phenoxy) is 1. The van der Waals surface area contributed by atoms with E-state index in [9.17, 15) is 0 Å². The van der Waals surface area contributed by atoms with Gasteiger partial charge in [-0.25, -0.2) is 0 Å². The van der Waals surface area contributed by atoms with Gasteiger partial charge in [0.1, 0.15) is 0 Å². The summed E-state index contributed by atoms with van der Waals surface area (Å²) >= 11 is 0. The van der Waals surface area contributed by atoms with Gasteiger partial charge in [0.25, 0.3) is 0 Å². The van der Waals surface area contributed by atoms with E-state index in [1.54, 1.807) is 5.57 Å². The van der Waals surface area contributed by atoms with Gasteiger partial charge < -0.3 is 14.5 Å². The number of allylic oxidation sites excluding steroid dienone is 20. The number of nitrogens with zero attached hydrogens (tertiary/aromatic N) is 2. The summed E-state index contributed by atoms with van der Waals surface area (Å²) in [5.41, 5.74) is 19.5. The predicted molar refractivity (Wildman–Crippen MR) is 364 cm³/mol. The van der Waals surface area contributed by atoms with E-state index >= 15 is 0 Å². The number of benzene rings is 4. The Morgan fingerprint density at radius 1 is 0.674 bits per heavy atom. The molecule has 3 heteroatoms. The SMILES string of the molecule is C=CC1=CCC(C2=CCC(N3c4ccc(C5=CCC(C(C)(C)C)C=C5)cc4C4CC(C5C=CC(N(C6=CCC7C(=C6)C(CC(C)CCC(C)COC6CC=C(C=C)CC6)(c6ccccc6)c6ccccc67)c6ccccc6)=CC5)C=CC43)C=C2)C=C1. The lowest BCUT2D eigenvalue weighted by atomic mass is 9.65. The molecule has 12 unspecified atom stereocenters. The molecule has 4 aromatic carbocycles. The van der Waals surface area contributed by atoms with Crippen LogP contribution in [0, 0.1) is 40.9 Å². The Kier molecular flexibility index (Phi) is 16.7. The number of anilines is 2. The third kappa shape index (κ3) is 11.5. The van der Waals surface area contributed by atoms with Crippen molar-refractivity contribution in [2.24, 2.45) is 40.9 Å². The zero-order valence-electron chi connectivity index (χ0n) is 52.0. The predicted octanol–water partition coefficient (Wildman–Crippen LogP) is 20.9. The molecule has 86 heavy (non-hydrogen) atoms. The van der Waals surface area contributed by atoms with E-state index in [2.05, 4.69) is 264 Å². The standard InChI is InChI=1S/C83H92N2O/c1-8-59-26-30-61(31-27-59)62-34-44-71(45-35-62)85-80-50-38-65(63-32-40-67(41-33-63)82(5,6)7)52-76(80)77-53-66(39-51-81(77)85)64-36-42-70(43-37-64)84(69-20-14-11-15-21-69)72-46-49-75-74-22-16-17-23-78(74)83(79(75)54-72,68-18-12-10-13-19-68)55-57(3)24-25-58(4)56-86-73-47-28-60(9-2)29-48-73/h8-23,26-28,30,32-36,38-40,42-44,46,50-52,54,57-58,61,64,66-67,71,73,75,77,81H,1-2,24-25,29,31,37,41,45,47-49,53,55-56H2,3-7H3. The van der Waals surface area contributed by atoms with Gasteiger partial charge in [0.2, 0.25) is 0 Å². The molecule has 0 N–H and O–H groups in total. The summed E-state index contributed by atoms with van der Waals surface area (Å²) in [6.07, 6.45) is 59.3. The van der Waals surface area contributed by atoms with Crippen LogP contribution in [0.3, 0.4) is 0 Å². The molecule has 9 aliphatic rings. The average Bonchev–Trinajstić information content (AvgIpc) is 1.95. The molecule has 1 heterocycles. The maximum absolute atomic E-state index is 6.54. The molecule has 0 bridgehead atoms. The number of para-hydroxylation sites is 1. The van der Waals surface area contributed by atoms with E-state index in [1.807, 2.05) is 12.2 Å². The minimum Gasteiger partial charge on any atom is -0.378 e. The lowest BCUT2D eigenvalue weighted by molar-refractivity contribution is 0.0243. The maximum atomic E-state index is 6.54. The van der Waals surface area contributed by atoms with Crippen molar-refractivity contribution < 1.29 is 4.74 Å². The Morgan fingerprint density at radius 3 is 2.19 bits per heavy atom. The zero-order valence-corrected chi connectivity index (χ0v) is 52.0. The van der Waals surface area contributed by atoms with Gasteiger partial charge in [-0.15, -0.1) is 0 Å². The van der Waals surface area contributed by atoms with Gasteiger partial charge in [-0.3, -0.25) is 0 Å². The number of fused-ring (bicyclic) bond motifs is 6.